The molecule has 3 aromatic rings. The molecule has 0 fully saturated rings. The van der Waals surface area contributed by atoms with Crippen molar-refractivity contribution in [3.8, 4) is 0 Å². The third-order valence-corrected chi connectivity index (χ3v) is 9.10. The molecule has 39 heavy (non-hydrogen) atoms. The second-order valence-corrected chi connectivity index (χ2v) is 13.1. The molecule has 0 saturated heterocycles. The number of rotatable bonds is 7. The second kappa shape index (κ2) is 10.3. The number of benzene rings is 1. The molecule has 1 N–H and O–H groups in total. The predicted octanol–water partition coefficient (Wildman–Crippen LogP) is 6.14. The lowest BCUT2D eigenvalue weighted by atomic mass is 10.00. The highest BCUT2D eigenvalue weighted by atomic mass is 32.2. The maximum absolute atomic E-state index is 14.4. The van der Waals surface area contributed by atoms with Gasteiger partial charge in [-0.05, 0) is 64.5 Å². The number of carbonyl (C=O) groups excluding carboxylic acids is 1. The Balaban J connectivity index is 1.78. The van der Waals surface area contributed by atoms with E-state index in [-0.39, 0.29) is 41.9 Å². The van der Waals surface area contributed by atoms with Gasteiger partial charge in [-0.15, -0.1) is 11.3 Å². The molecule has 1 aromatic carbocycles. The first-order valence-corrected chi connectivity index (χ1v) is 14.3. The van der Waals surface area contributed by atoms with E-state index in [9.17, 15) is 26.4 Å². The van der Waals surface area contributed by atoms with Crippen molar-refractivity contribution in [3.05, 3.63) is 76.1 Å². The highest BCUT2D eigenvalue weighted by Gasteiger charge is 2.47. The molecular formula is C26H28F3N3O5S2. The molecule has 1 aliphatic rings. The fourth-order valence-corrected chi connectivity index (χ4v) is 6.61. The first kappa shape index (κ1) is 28.7. The number of ether oxygens (including phenoxy) is 2. The van der Waals surface area contributed by atoms with Crippen LogP contribution < -0.4 is 5.32 Å². The van der Waals surface area contributed by atoms with E-state index in [1.807, 2.05) is 0 Å². The minimum Gasteiger partial charge on any atom is -0.490 e. The van der Waals surface area contributed by atoms with Crippen molar-refractivity contribution in [3.63, 3.8) is 0 Å². The van der Waals surface area contributed by atoms with E-state index >= 15 is 0 Å². The summed E-state index contributed by atoms with van der Waals surface area (Å²) in [6, 6.07) is 4.16. The molecule has 1 amide bonds. The number of allylic oxidation sites excluding steroid dienone is 3. The van der Waals surface area contributed by atoms with Crippen LogP contribution in [0.15, 0.2) is 59.1 Å². The highest BCUT2D eigenvalue weighted by Crippen LogP contribution is 2.40. The second-order valence-electron chi connectivity index (χ2n) is 10.2. The van der Waals surface area contributed by atoms with Crippen LogP contribution in [-0.2, 0) is 38.8 Å². The lowest BCUT2D eigenvalue weighted by Crippen LogP contribution is -2.43. The molecule has 210 valence electrons. The molecule has 1 unspecified atom stereocenters. The molecule has 1 atom stereocenters. The van der Waals surface area contributed by atoms with Crippen molar-refractivity contribution in [1.29, 1.82) is 0 Å². The number of fused-ring (bicyclic) bond motifs is 1. The van der Waals surface area contributed by atoms with E-state index in [0.717, 1.165) is 22.2 Å². The van der Waals surface area contributed by atoms with Crippen LogP contribution in [0.5, 0.6) is 0 Å². The van der Waals surface area contributed by atoms with Crippen LogP contribution >= 0.6 is 11.3 Å². The molecular weight excluding hydrogens is 555 g/mol. The molecule has 8 nitrogen and oxygen atoms in total. The third-order valence-electron chi connectivity index (χ3n) is 6.05. The zero-order chi connectivity index (χ0) is 28.6. The van der Waals surface area contributed by atoms with Gasteiger partial charge in [-0.1, -0.05) is 12.2 Å². The van der Waals surface area contributed by atoms with Gasteiger partial charge in [-0.2, -0.15) is 13.2 Å². The minimum atomic E-state index is -4.62. The number of amides is 1. The van der Waals surface area contributed by atoms with E-state index in [4.69, 9.17) is 9.47 Å². The molecule has 0 spiro atoms. The zero-order valence-electron chi connectivity index (χ0n) is 21.7. The monoisotopic (exact) mass is 583 g/mol. The largest absolute Gasteiger partial charge is 0.490 e. The highest BCUT2D eigenvalue weighted by molar-refractivity contribution is 7.91. The van der Waals surface area contributed by atoms with E-state index in [1.54, 1.807) is 49.9 Å². The van der Waals surface area contributed by atoms with Crippen molar-refractivity contribution in [1.82, 2.24) is 14.3 Å². The molecule has 2 heterocycles. The van der Waals surface area contributed by atoms with Crippen molar-refractivity contribution < 1.29 is 35.9 Å². The van der Waals surface area contributed by atoms with Gasteiger partial charge in [0, 0.05) is 10.8 Å². The van der Waals surface area contributed by atoms with Crippen LogP contribution in [-0.4, -0.2) is 33.8 Å². The van der Waals surface area contributed by atoms with Gasteiger partial charge >= 0.3 is 12.3 Å². The Morgan fingerprint density at radius 1 is 1.23 bits per heavy atom. The Bertz CT molecular complexity index is 1530. The van der Waals surface area contributed by atoms with Gasteiger partial charge in [0.2, 0.25) is 0 Å². The number of alkyl carbamates (subject to hydrolysis) is 1. The molecule has 0 aliphatic heterocycles. The Labute approximate surface area is 228 Å². The van der Waals surface area contributed by atoms with E-state index in [1.165, 1.54) is 24.3 Å². The van der Waals surface area contributed by atoms with Crippen molar-refractivity contribution >= 4 is 38.4 Å². The Hall–Kier alpha value is -3.32. The quantitative estimate of drug-likeness (QED) is 0.359. The van der Waals surface area contributed by atoms with Crippen LogP contribution in [0.4, 0.5) is 18.0 Å². The molecule has 4 rings (SSSR count). The van der Waals surface area contributed by atoms with Crippen LogP contribution in [0.3, 0.4) is 0 Å². The summed E-state index contributed by atoms with van der Waals surface area (Å²) in [5.41, 5.74) is 0.637. The summed E-state index contributed by atoms with van der Waals surface area (Å²) in [6.07, 6.45) is -0.450. The van der Waals surface area contributed by atoms with Crippen molar-refractivity contribution in [2.24, 2.45) is 0 Å². The number of alkyl halides is 3. The Morgan fingerprint density at radius 3 is 2.62 bits per heavy atom. The van der Waals surface area contributed by atoms with Crippen molar-refractivity contribution in [2.45, 2.75) is 63.8 Å². The van der Waals surface area contributed by atoms with Crippen LogP contribution in [0, 0.1) is 0 Å². The normalized spacial score (nSPS) is 18.2. The van der Waals surface area contributed by atoms with Gasteiger partial charge in [0.1, 0.15) is 22.7 Å². The van der Waals surface area contributed by atoms with Crippen LogP contribution in [0.2, 0.25) is 0 Å². The number of carbonyl (C=O) groups is 1. The number of nitrogens with one attached hydrogen (secondary N) is 1. The number of halogens is 3. The predicted molar refractivity (Wildman–Crippen MR) is 141 cm³/mol. The first-order chi connectivity index (χ1) is 18.1. The molecule has 0 radical (unpaired) electrons. The fraction of sp³-hybridized carbons (Fsp3) is 0.385. The lowest BCUT2D eigenvalue weighted by molar-refractivity contribution is -0.137. The SMILES string of the molecule is CC(C)(C)OC(=O)NCc1cc2cc(C(F)(F)F)ccc2n1S(=O)(=O)C1(C)CC=CC=C1OCc1cscn1. The van der Waals surface area contributed by atoms with Gasteiger partial charge in [-0.3, -0.25) is 0 Å². The topological polar surface area (TPSA) is 99.5 Å². The summed E-state index contributed by atoms with van der Waals surface area (Å²) in [5.74, 6) is 0.165. The standard InChI is InChI=1S/C26H28F3N3O5S2/c1-24(2,3)37-23(33)30-13-20-12-17-11-18(26(27,28)29)8-9-21(17)32(20)39(34,35)25(4)10-6-5-7-22(25)36-14-19-15-38-16-31-19/h5-9,11-12,15-16H,10,13-14H2,1-4H3,(H,30,33). The average molecular weight is 584 g/mol. The molecule has 1 aliphatic carbocycles. The summed E-state index contributed by atoms with van der Waals surface area (Å²) >= 11 is 1.38. The minimum absolute atomic E-state index is 0.0404. The fourth-order valence-electron chi connectivity index (χ4n) is 4.13. The molecule has 0 bridgehead atoms. The number of aromatic nitrogens is 2. The van der Waals surface area contributed by atoms with Gasteiger partial charge in [0.15, 0.2) is 0 Å². The van der Waals surface area contributed by atoms with Crippen molar-refractivity contribution in [2.75, 3.05) is 0 Å². The third kappa shape index (κ3) is 5.98. The van der Waals surface area contributed by atoms with Gasteiger partial charge in [0.05, 0.1) is 34.5 Å². The Kier molecular flexibility index (Phi) is 7.60. The number of hydrogen-bond donors (Lipinski definition) is 1. The number of nitrogens with zero attached hydrogens (tertiary/aromatic N) is 2. The average Bonchev–Trinajstić information content (AvgIpc) is 3.47. The smallest absolute Gasteiger partial charge is 0.416 e. The van der Waals surface area contributed by atoms with Gasteiger partial charge in [0.25, 0.3) is 10.0 Å². The van der Waals surface area contributed by atoms with Crippen LogP contribution in [0.1, 0.15) is 51.1 Å². The van der Waals surface area contributed by atoms with E-state index < -0.39 is 38.2 Å². The summed E-state index contributed by atoms with van der Waals surface area (Å²) in [7, 11) is -4.37. The summed E-state index contributed by atoms with van der Waals surface area (Å²) in [5, 5.41) is 4.34. The summed E-state index contributed by atoms with van der Waals surface area (Å²) in [4.78, 5) is 16.5. The molecule has 0 saturated carbocycles. The van der Waals surface area contributed by atoms with E-state index in [0.29, 0.717) is 5.69 Å². The zero-order valence-corrected chi connectivity index (χ0v) is 23.3. The molecule has 13 heteroatoms. The Morgan fingerprint density at radius 2 is 1.97 bits per heavy atom. The van der Waals surface area contributed by atoms with E-state index in [2.05, 4.69) is 10.3 Å². The first-order valence-electron chi connectivity index (χ1n) is 11.9. The summed E-state index contributed by atoms with van der Waals surface area (Å²) < 4.78 is 79.6. The number of hydrogen-bond acceptors (Lipinski definition) is 7. The lowest BCUT2D eigenvalue weighted by Gasteiger charge is -2.33. The van der Waals surface area contributed by atoms with Gasteiger partial charge in [-0.25, -0.2) is 22.2 Å². The van der Waals surface area contributed by atoms with Crippen LogP contribution in [0.25, 0.3) is 10.9 Å². The molecule has 2 aromatic heterocycles. The summed E-state index contributed by atoms with van der Waals surface area (Å²) in [6.45, 7) is 6.24. The number of thiazole rings is 1. The maximum atomic E-state index is 14.4. The van der Waals surface area contributed by atoms with Gasteiger partial charge < -0.3 is 14.8 Å². The maximum Gasteiger partial charge on any atom is 0.416 e.